The molecule has 0 saturated heterocycles. The fraction of sp³-hybridized carbons (Fsp3) is 0.0667. The molecule has 0 atom stereocenters. The van der Waals surface area contributed by atoms with Crippen LogP contribution in [0.3, 0.4) is 0 Å². The molecule has 20 heavy (non-hydrogen) atoms. The van der Waals surface area contributed by atoms with Gasteiger partial charge in [-0.25, -0.2) is 9.67 Å². The molecule has 3 nitrogen and oxygen atoms in total. The number of hydrogen-bond donors (Lipinski definition) is 0. The number of thioether (sulfide) groups is 1. The lowest BCUT2D eigenvalue weighted by atomic mass is 10.2. The number of benzene rings is 2. The number of aromatic nitrogens is 3. The maximum atomic E-state index is 5.92. The summed E-state index contributed by atoms with van der Waals surface area (Å²) in [5, 5.41) is 6.16. The van der Waals surface area contributed by atoms with Gasteiger partial charge in [0.1, 0.15) is 0 Å². The van der Waals surface area contributed by atoms with Crippen LogP contribution in [0.2, 0.25) is 5.02 Å². The standard InChI is InChI=1S/C15H12ClN3S/c1-20-15-17-14(11-5-3-2-4-6-11)18-19(15)13-9-7-12(16)8-10-13/h2-10H,1H3. The molecule has 0 aliphatic heterocycles. The summed E-state index contributed by atoms with van der Waals surface area (Å²) in [6, 6.07) is 17.5. The van der Waals surface area contributed by atoms with Crippen LogP contribution in [0.15, 0.2) is 59.8 Å². The molecule has 2 aromatic carbocycles. The van der Waals surface area contributed by atoms with Gasteiger partial charge in [0, 0.05) is 10.6 Å². The maximum absolute atomic E-state index is 5.92. The molecular formula is C15H12ClN3S. The molecule has 0 amide bonds. The second kappa shape index (κ2) is 5.69. The highest BCUT2D eigenvalue weighted by atomic mass is 35.5. The van der Waals surface area contributed by atoms with Gasteiger partial charge in [-0.1, -0.05) is 53.7 Å². The molecule has 5 heteroatoms. The molecule has 0 aliphatic rings. The molecule has 0 saturated carbocycles. The van der Waals surface area contributed by atoms with Crippen molar-refractivity contribution in [3.8, 4) is 17.1 Å². The molecule has 3 aromatic rings. The SMILES string of the molecule is CSc1nc(-c2ccccc2)nn1-c1ccc(Cl)cc1. The van der Waals surface area contributed by atoms with Crippen molar-refractivity contribution in [1.82, 2.24) is 14.8 Å². The minimum atomic E-state index is 0.711. The van der Waals surface area contributed by atoms with Crippen LogP contribution in [-0.4, -0.2) is 21.0 Å². The third-order valence-corrected chi connectivity index (χ3v) is 3.74. The lowest BCUT2D eigenvalue weighted by Gasteiger charge is -2.03. The van der Waals surface area contributed by atoms with Crippen LogP contribution in [0.1, 0.15) is 0 Å². The van der Waals surface area contributed by atoms with Crippen LogP contribution >= 0.6 is 23.4 Å². The van der Waals surface area contributed by atoms with E-state index in [1.54, 1.807) is 11.8 Å². The second-order valence-corrected chi connectivity index (χ2v) is 5.39. The highest BCUT2D eigenvalue weighted by Gasteiger charge is 2.12. The summed E-state index contributed by atoms with van der Waals surface area (Å²) >= 11 is 7.49. The highest BCUT2D eigenvalue weighted by Crippen LogP contribution is 2.23. The molecule has 1 aromatic heterocycles. The quantitative estimate of drug-likeness (QED) is 0.675. The molecule has 0 bridgehead atoms. The van der Waals surface area contributed by atoms with Gasteiger partial charge in [0.05, 0.1) is 5.69 Å². The van der Waals surface area contributed by atoms with Gasteiger partial charge in [-0.05, 0) is 30.5 Å². The Kier molecular flexibility index (Phi) is 3.76. The summed E-state index contributed by atoms with van der Waals surface area (Å²) < 4.78 is 1.84. The van der Waals surface area contributed by atoms with Crippen LogP contribution in [0.25, 0.3) is 17.1 Å². The lowest BCUT2D eigenvalue weighted by Crippen LogP contribution is -1.97. The average molecular weight is 302 g/mol. The van der Waals surface area contributed by atoms with E-state index in [2.05, 4.69) is 10.1 Å². The van der Waals surface area contributed by atoms with Crippen molar-refractivity contribution in [2.45, 2.75) is 5.16 Å². The van der Waals surface area contributed by atoms with Crippen molar-refractivity contribution < 1.29 is 0 Å². The van der Waals surface area contributed by atoms with E-state index in [-0.39, 0.29) is 0 Å². The van der Waals surface area contributed by atoms with Gasteiger partial charge in [0.2, 0.25) is 0 Å². The first-order chi connectivity index (χ1) is 9.78. The Labute approximate surface area is 126 Å². The molecule has 0 spiro atoms. The molecule has 0 aliphatic carbocycles. The molecule has 100 valence electrons. The Hall–Kier alpha value is -1.78. The Morgan fingerprint density at radius 3 is 2.35 bits per heavy atom. The van der Waals surface area contributed by atoms with Crippen molar-refractivity contribution in [3.05, 3.63) is 59.6 Å². The minimum absolute atomic E-state index is 0.711. The van der Waals surface area contributed by atoms with Gasteiger partial charge in [-0.2, -0.15) is 0 Å². The molecular weight excluding hydrogens is 290 g/mol. The van der Waals surface area contributed by atoms with E-state index in [0.29, 0.717) is 5.02 Å². The van der Waals surface area contributed by atoms with Crippen molar-refractivity contribution >= 4 is 23.4 Å². The predicted octanol–water partition coefficient (Wildman–Crippen LogP) is 4.31. The number of halogens is 1. The summed E-state index contributed by atoms with van der Waals surface area (Å²) in [5.74, 6) is 0.727. The van der Waals surface area contributed by atoms with Gasteiger partial charge in [-0.3, -0.25) is 0 Å². The third-order valence-electron chi connectivity index (χ3n) is 2.86. The van der Waals surface area contributed by atoms with E-state index in [4.69, 9.17) is 11.6 Å². The van der Waals surface area contributed by atoms with Crippen molar-refractivity contribution in [3.63, 3.8) is 0 Å². The molecule has 0 fully saturated rings. The summed E-state index contributed by atoms with van der Waals surface area (Å²) in [5.41, 5.74) is 1.96. The van der Waals surface area contributed by atoms with Crippen molar-refractivity contribution in [2.75, 3.05) is 6.26 Å². The van der Waals surface area contributed by atoms with Gasteiger partial charge < -0.3 is 0 Å². The maximum Gasteiger partial charge on any atom is 0.191 e. The van der Waals surface area contributed by atoms with Crippen LogP contribution in [0.5, 0.6) is 0 Å². The van der Waals surface area contributed by atoms with Gasteiger partial charge in [-0.15, -0.1) is 5.10 Å². The normalized spacial score (nSPS) is 10.7. The predicted molar refractivity (Wildman–Crippen MR) is 83.6 cm³/mol. The smallest absolute Gasteiger partial charge is 0.191 e. The number of hydrogen-bond acceptors (Lipinski definition) is 3. The first-order valence-electron chi connectivity index (χ1n) is 6.10. The van der Waals surface area contributed by atoms with E-state index in [0.717, 1.165) is 22.2 Å². The molecule has 0 unspecified atom stereocenters. The zero-order chi connectivity index (χ0) is 13.9. The first kappa shape index (κ1) is 13.2. The number of rotatable bonds is 3. The molecule has 0 radical (unpaired) electrons. The zero-order valence-corrected chi connectivity index (χ0v) is 12.4. The van der Waals surface area contributed by atoms with E-state index in [1.165, 1.54) is 0 Å². The summed E-state index contributed by atoms with van der Waals surface area (Å²) in [7, 11) is 0. The average Bonchev–Trinajstić information content (AvgIpc) is 2.93. The molecule has 1 heterocycles. The fourth-order valence-electron chi connectivity index (χ4n) is 1.89. The monoisotopic (exact) mass is 301 g/mol. The third kappa shape index (κ3) is 2.57. The zero-order valence-electron chi connectivity index (χ0n) is 10.8. The van der Waals surface area contributed by atoms with Gasteiger partial charge in [0.15, 0.2) is 11.0 Å². The summed E-state index contributed by atoms with van der Waals surface area (Å²) in [6.45, 7) is 0. The van der Waals surface area contributed by atoms with Crippen LogP contribution in [0, 0.1) is 0 Å². The summed E-state index contributed by atoms with van der Waals surface area (Å²) in [4.78, 5) is 4.58. The van der Waals surface area contributed by atoms with E-state index in [9.17, 15) is 0 Å². The van der Waals surface area contributed by atoms with Gasteiger partial charge in [0.25, 0.3) is 0 Å². The largest absolute Gasteiger partial charge is 0.207 e. The lowest BCUT2D eigenvalue weighted by molar-refractivity contribution is 0.788. The van der Waals surface area contributed by atoms with Crippen LogP contribution < -0.4 is 0 Å². The van der Waals surface area contributed by atoms with Crippen molar-refractivity contribution in [1.29, 1.82) is 0 Å². The van der Waals surface area contributed by atoms with Crippen LogP contribution in [-0.2, 0) is 0 Å². The number of nitrogens with zero attached hydrogens (tertiary/aromatic N) is 3. The molecule has 3 rings (SSSR count). The second-order valence-electron chi connectivity index (χ2n) is 4.18. The Morgan fingerprint density at radius 2 is 1.70 bits per heavy atom. The van der Waals surface area contributed by atoms with Crippen molar-refractivity contribution in [2.24, 2.45) is 0 Å². The fourth-order valence-corrected chi connectivity index (χ4v) is 2.51. The highest BCUT2D eigenvalue weighted by molar-refractivity contribution is 7.98. The van der Waals surface area contributed by atoms with Crippen LogP contribution in [0.4, 0.5) is 0 Å². The first-order valence-corrected chi connectivity index (χ1v) is 7.70. The Bertz CT molecular complexity index is 708. The Balaban J connectivity index is 2.07. The summed E-state index contributed by atoms with van der Waals surface area (Å²) in [6.07, 6.45) is 1.99. The minimum Gasteiger partial charge on any atom is -0.207 e. The Morgan fingerprint density at radius 1 is 1.00 bits per heavy atom. The van der Waals surface area contributed by atoms with Gasteiger partial charge >= 0.3 is 0 Å². The molecule has 0 N–H and O–H groups in total. The topological polar surface area (TPSA) is 30.7 Å². The van der Waals surface area contributed by atoms with E-state index < -0.39 is 0 Å². The van der Waals surface area contributed by atoms with E-state index >= 15 is 0 Å². The van der Waals surface area contributed by atoms with E-state index in [1.807, 2.05) is 65.5 Å².